The first-order valence-electron chi connectivity index (χ1n) is 12.4. The van der Waals surface area contributed by atoms with Crippen LogP contribution in [0.4, 0.5) is 10.1 Å². The van der Waals surface area contributed by atoms with Crippen LogP contribution < -0.4 is 4.90 Å². The number of benzene rings is 2. The minimum Gasteiger partial charge on any atom is -0.381 e. The van der Waals surface area contributed by atoms with Crippen molar-refractivity contribution in [1.82, 2.24) is 19.9 Å². The largest absolute Gasteiger partial charge is 0.381 e. The topological polar surface area (TPSA) is 80.6 Å². The van der Waals surface area contributed by atoms with E-state index in [2.05, 4.69) is 21.3 Å². The summed E-state index contributed by atoms with van der Waals surface area (Å²) in [5.74, 6) is -1.19. The number of Topliss-reactive ketones (excluding diaryl/α,β-unsaturated/α-hetero) is 1. The fourth-order valence-corrected chi connectivity index (χ4v) is 5.65. The molecule has 0 spiro atoms. The van der Waals surface area contributed by atoms with E-state index in [0.29, 0.717) is 18.7 Å². The van der Waals surface area contributed by atoms with Crippen LogP contribution in [0, 0.1) is 12.7 Å². The molecular formula is C27H29ClFN5O3. The van der Waals surface area contributed by atoms with Gasteiger partial charge in [0.2, 0.25) is 0 Å². The zero-order valence-corrected chi connectivity index (χ0v) is 21.8. The first-order valence-corrected chi connectivity index (χ1v) is 12.8. The molecule has 2 aliphatic rings. The second kappa shape index (κ2) is 10.2. The number of ketones is 1. The van der Waals surface area contributed by atoms with Crippen molar-refractivity contribution in [3.05, 3.63) is 69.8 Å². The Labute approximate surface area is 219 Å². The van der Waals surface area contributed by atoms with Crippen molar-refractivity contribution in [1.29, 1.82) is 0 Å². The first-order chi connectivity index (χ1) is 17.8. The SMILES string of the molecule is COC1CCN(c2cccc3c2CCN(C(=O)c2nnn(-c4cccc(Cl)c4F)c2C)C3C(C)=O)CC1. The maximum Gasteiger partial charge on any atom is 0.277 e. The Bertz CT molecular complexity index is 1350. The number of aromatic nitrogens is 3. The van der Waals surface area contributed by atoms with Crippen molar-refractivity contribution in [2.45, 2.75) is 45.3 Å². The Kier molecular flexibility index (Phi) is 7.00. The highest BCUT2D eigenvalue weighted by Gasteiger charge is 2.38. The maximum absolute atomic E-state index is 14.6. The smallest absolute Gasteiger partial charge is 0.277 e. The third-order valence-electron chi connectivity index (χ3n) is 7.41. The number of hydrogen-bond donors (Lipinski definition) is 0. The van der Waals surface area contributed by atoms with Crippen LogP contribution in [-0.2, 0) is 16.0 Å². The number of anilines is 1. The van der Waals surface area contributed by atoms with Gasteiger partial charge >= 0.3 is 0 Å². The van der Waals surface area contributed by atoms with Crippen LogP contribution in [0.3, 0.4) is 0 Å². The highest BCUT2D eigenvalue weighted by molar-refractivity contribution is 6.30. The van der Waals surface area contributed by atoms with Crippen LogP contribution in [0.15, 0.2) is 36.4 Å². The number of rotatable bonds is 5. The van der Waals surface area contributed by atoms with Gasteiger partial charge in [0.1, 0.15) is 11.7 Å². The van der Waals surface area contributed by atoms with Crippen LogP contribution in [-0.4, -0.2) is 64.4 Å². The van der Waals surface area contributed by atoms with E-state index in [1.807, 2.05) is 12.1 Å². The maximum atomic E-state index is 14.6. The number of amides is 1. The molecule has 0 radical (unpaired) electrons. The molecule has 0 saturated carbocycles. The number of fused-ring (bicyclic) bond motifs is 1. The summed E-state index contributed by atoms with van der Waals surface area (Å²) in [4.78, 5) is 30.6. The summed E-state index contributed by atoms with van der Waals surface area (Å²) >= 11 is 5.93. The van der Waals surface area contributed by atoms with Crippen molar-refractivity contribution >= 4 is 29.0 Å². The molecule has 0 N–H and O–H groups in total. The Morgan fingerprint density at radius 2 is 1.78 bits per heavy atom. The quantitative estimate of drug-likeness (QED) is 0.494. The summed E-state index contributed by atoms with van der Waals surface area (Å²) < 4.78 is 21.4. The van der Waals surface area contributed by atoms with E-state index >= 15 is 0 Å². The van der Waals surface area contributed by atoms with Gasteiger partial charge in [0, 0.05) is 32.4 Å². The second-order valence-electron chi connectivity index (χ2n) is 9.54. The summed E-state index contributed by atoms with van der Waals surface area (Å²) in [6.45, 7) is 5.27. The molecule has 1 fully saturated rings. The normalized spacial score (nSPS) is 18.1. The molecule has 3 heterocycles. The van der Waals surface area contributed by atoms with Crippen LogP contribution in [0.2, 0.25) is 5.02 Å². The molecule has 1 atom stereocenters. The number of halogens is 2. The summed E-state index contributed by atoms with van der Waals surface area (Å²) in [6, 6.07) is 9.79. The fourth-order valence-electron chi connectivity index (χ4n) is 5.48. The van der Waals surface area contributed by atoms with Crippen molar-refractivity contribution < 1.29 is 18.7 Å². The lowest BCUT2D eigenvalue weighted by molar-refractivity contribution is -0.121. The summed E-state index contributed by atoms with van der Waals surface area (Å²) in [7, 11) is 1.75. The lowest BCUT2D eigenvalue weighted by Crippen LogP contribution is -2.44. The lowest BCUT2D eigenvalue weighted by Gasteiger charge is -2.39. The van der Waals surface area contributed by atoms with Gasteiger partial charge in [0.05, 0.1) is 16.8 Å². The van der Waals surface area contributed by atoms with Crippen molar-refractivity contribution in [3.63, 3.8) is 0 Å². The molecule has 0 bridgehead atoms. The number of carbonyl (C=O) groups excluding carboxylic acids is 2. The summed E-state index contributed by atoms with van der Waals surface area (Å²) in [5.41, 5.74) is 3.60. The van der Waals surface area contributed by atoms with Crippen molar-refractivity contribution in [3.8, 4) is 5.69 Å². The average molecular weight is 526 g/mol. The van der Waals surface area contributed by atoms with Crippen LogP contribution in [0.25, 0.3) is 5.69 Å². The van der Waals surface area contributed by atoms with Crippen LogP contribution >= 0.6 is 11.6 Å². The van der Waals surface area contributed by atoms with E-state index < -0.39 is 17.8 Å². The van der Waals surface area contributed by atoms with Crippen molar-refractivity contribution in [2.75, 3.05) is 31.6 Å². The molecule has 1 saturated heterocycles. The van der Waals surface area contributed by atoms with Crippen molar-refractivity contribution in [2.24, 2.45) is 0 Å². The van der Waals surface area contributed by atoms with E-state index in [0.717, 1.165) is 42.7 Å². The second-order valence-corrected chi connectivity index (χ2v) is 9.94. The number of nitrogens with zero attached hydrogens (tertiary/aromatic N) is 5. The summed E-state index contributed by atoms with van der Waals surface area (Å²) in [5, 5.41) is 8.05. The van der Waals surface area contributed by atoms with Crippen LogP contribution in [0.5, 0.6) is 0 Å². The fraction of sp³-hybridized carbons (Fsp3) is 0.407. The zero-order chi connectivity index (χ0) is 26.3. The molecule has 2 aromatic carbocycles. The van der Waals surface area contributed by atoms with E-state index in [1.165, 1.54) is 23.7 Å². The minimum atomic E-state index is -0.736. The van der Waals surface area contributed by atoms with Gasteiger partial charge < -0.3 is 14.5 Å². The van der Waals surface area contributed by atoms with E-state index in [9.17, 15) is 14.0 Å². The molecule has 0 aliphatic carbocycles. The van der Waals surface area contributed by atoms with Gasteiger partial charge in [-0.05, 0) is 62.4 Å². The number of hydrogen-bond acceptors (Lipinski definition) is 6. The number of ether oxygens (including phenoxy) is 1. The Morgan fingerprint density at radius 1 is 1.08 bits per heavy atom. The van der Waals surface area contributed by atoms with Gasteiger partial charge in [-0.1, -0.05) is 35.0 Å². The molecule has 37 heavy (non-hydrogen) atoms. The average Bonchev–Trinajstić information content (AvgIpc) is 3.29. The molecule has 1 unspecified atom stereocenters. The molecule has 194 valence electrons. The number of piperidine rings is 1. The van der Waals surface area contributed by atoms with Gasteiger partial charge in [0.15, 0.2) is 17.3 Å². The Morgan fingerprint density at radius 3 is 2.49 bits per heavy atom. The van der Waals surface area contributed by atoms with Gasteiger partial charge in [-0.25, -0.2) is 9.07 Å². The monoisotopic (exact) mass is 525 g/mol. The zero-order valence-electron chi connectivity index (χ0n) is 21.1. The summed E-state index contributed by atoms with van der Waals surface area (Å²) in [6.07, 6.45) is 2.78. The molecule has 8 nitrogen and oxygen atoms in total. The molecule has 3 aromatic rings. The molecule has 1 amide bonds. The highest BCUT2D eigenvalue weighted by Crippen LogP contribution is 2.38. The van der Waals surface area contributed by atoms with Gasteiger partial charge in [-0.15, -0.1) is 5.10 Å². The highest BCUT2D eigenvalue weighted by atomic mass is 35.5. The minimum absolute atomic E-state index is 0.0493. The molecule has 5 rings (SSSR count). The van der Waals surface area contributed by atoms with E-state index in [1.54, 1.807) is 25.0 Å². The molecule has 1 aromatic heterocycles. The van der Waals surface area contributed by atoms with Gasteiger partial charge in [0.25, 0.3) is 5.91 Å². The third-order valence-corrected chi connectivity index (χ3v) is 7.71. The van der Waals surface area contributed by atoms with Gasteiger partial charge in [-0.2, -0.15) is 0 Å². The first kappa shape index (κ1) is 25.4. The Balaban J connectivity index is 1.46. The predicted octanol–water partition coefficient (Wildman–Crippen LogP) is 4.31. The van der Waals surface area contributed by atoms with E-state index in [4.69, 9.17) is 16.3 Å². The predicted molar refractivity (Wildman–Crippen MR) is 138 cm³/mol. The number of methoxy groups -OCH3 is 1. The standard InChI is InChI=1S/C27H29ClFN5O3/c1-16-25(30-31-34(16)23-9-5-7-21(28)24(23)29)27(36)33-15-12-19-20(26(33)17(2)35)6-4-8-22(19)32-13-10-18(37-3)11-14-32/h4-9,18,26H,10-15H2,1-3H3. The van der Waals surface area contributed by atoms with Gasteiger partial charge in [-0.3, -0.25) is 9.59 Å². The van der Waals surface area contributed by atoms with Crippen LogP contribution in [0.1, 0.15) is 53.1 Å². The molecule has 2 aliphatic heterocycles. The Hall–Kier alpha value is -3.30. The molecular weight excluding hydrogens is 497 g/mol. The molecule has 10 heteroatoms. The third kappa shape index (κ3) is 4.51. The van der Waals surface area contributed by atoms with E-state index in [-0.39, 0.29) is 28.3 Å². The number of carbonyl (C=O) groups is 2. The lowest BCUT2D eigenvalue weighted by atomic mass is 9.88.